The van der Waals surface area contributed by atoms with Gasteiger partial charge in [-0.3, -0.25) is 0 Å². The fourth-order valence-electron chi connectivity index (χ4n) is 4.05. The molecule has 0 aromatic heterocycles. The zero-order valence-electron chi connectivity index (χ0n) is 11.5. The molecule has 0 nitrogen and oxygen atoms in total. The zero-order valence-corrected chi connectivity index (χ0v) is 11.5. The third-order valence-electron chi connectivity index (χ3n) is 5.03. The van der Waals surface area contributed by atoms with E-state index in [1.807, 2.05) is 0 Å². The molecule has 0 N–H and O–H groups in total. The van der Waals surface area contributed by atoms with E-state index >= 15 is 0 Å². The summed E-state index contributed by atoms with van der Waals surface area (Å²) in [4.78, 5) is 0. The Morgan fingerprint density at radius 3 is 1.72 bits per heavy atom. The Hall–Kier alpha value is -0.780. The smallest absolute Gasteiger partial charge is 0.0248 e. The van der Waals surface area contributed by atoms with Crippen molar-refractivity contribution in [3.05, 3.63) is 35.4 Å². The monoisotopic (exact) mass is 242 g/mol. The van der Waals surface area contributed by atoms with E-state index in [2.05, 4.69) is 24.3 Å². The maximum Gasteiger partial charge on any atom is -0.0248 e. The average Bonchev–Trinajstić information content (AvgIpc) is 2.56. The topological polar surface area (TPSA) is 0 Å². The second kappa shape index (κ2) is 5.91. The van der Waals surface area contributed by atoms with Crippen LogP contribution in [0.25, 0.3) is 0 Å². The Morgan fingerprint density at radius 2 is 1.17 bits per heavy atom. The third kappa shape index (κ3) is 2.96. The average molecular weight is 242 g/mol. The minimum atomic E-state index is 0.969. The fraction of sp³-hybridized carbons (Fsp3) is 0.667. The molecule has 1 aromatic carbocycles. The molecule has 2 unspecified atom stereocenters. The van der Waals surface area contributed by atoms with E-state index in [0.29, 0.717) is 0 Å². The van der Waals surface area contributed by atoms with Crippen molar-refractivity contribution < 1.29 is 0 Å². The summed E-state index contributed by atoms with van der Waals surface area (Å²) in [5.74, 6) is 1.94. The van der Waals surface area contributed by atoms with Gasteiger partial charge in [0.1, 0.15) is 0 Å². The molecule has 2 aliphatic rings. The molecule has 2 aliphatic carbocycles. The molecule has 98 valence electrons. The molecule has 0 heterocycles. The predicted molar refractivity (Wildman–Crippen MR) is 77.8 cm³/mol. The number of hydrogen-bond acceptors (Lipinski definition) is 0. The Balaban J connectivity index is 1.81. The highest BCUT2D eigenvalue weighted by molar-refractivity contribution is 5.29. The summed E-state index contributed by atoms with van der Waals surface area (Å²) in [6.45, 7) is 0. The van der Waals surface area contributed by atoms with Crippen LogP contribution in [-0.4, -0.2) is 0 Å². The number of benzene rings is 1. The van der Waals surface area contributed by atoms with Crippen molar-refractivity contribution in [3.8, 4) is 0 Å². The van der Waals surface area contributed by atoms with Crippen molar-refractivity contribution in [3.63, 3.8) is 0 Å². The maximum atomic E-state index is 2.38. The van der Waals surface area contributed by atoms with Gasteiger partial charge in [-0.2, -0.15) is 0 Å². The first kappa shape index (κ1) is 12.3. The van der Waals surface area contributed by atoms with Gasteiger partial charge in [-0.1, -0.05) is 69.2 Å². The van der Waals surface area contributed by atoms with E-state index < -0.39 is 0 Å². The van der Waals surface area contributed by atoms with Gasteiger partial charge in [-0.15, -0.1) is 0 Å². The molecule has 2 bridgehead atoms. The SMILES string of the molecule is c1ccc2c(c1)CC1CCCCCCCC(C2)C1. The van der Waals surface area contributed by atoms with E-state index in [0.717, 1.165) is 11.8 Å². The standard InChI is InChI=1S/C18H26/c1-2-4-8-15-12-16(9-5-3-1)14-18-11-7-6-10-17(18)13-15/h6-7,10-11,15-16H,1-5,8-9,12-14H2. The lowest BCUT2D eigenvalue weighted by Gasteiger charge is -2.21. The van der Waals surface area contributed by atoms with Gasteiger partial charge in [0.05, 0.1) is 0 Å². The quantitative estimate of drug-likeness (QED) is 0.590. The summed E-state index contributed by atoms with van der Waals surface area (Å²) in [5.41, 5.74) is 3.31. The van der Waals surface area contributed by atoms with E-state index in [-0.39, 0.29) is 0 Å². The van der Waals surface area contributed by atoms with Gasteiger partial charge in [-0.05, 0) is 42.2 Å². The van der Waals surface area contributed by atoms with Crippen LogP contribution in [0.2, 0.25) is 0 Å². The molecule has 1 fully saturated rings. The second-order valence-corrected chi connectivity index (χ2v) is 6.49. The van der Waals surface area contributed by atoms with Crippen molar-refractivity contribution >= 4 is 0 Å². The minimum Gasteiger partial charge on any atom is -0.0620 e. The zero-order chi connectivity index (χ0) is 12.2. The first-order chi connectivity index (χ1) is 8.92. The second-order valence-electron chi connectivity index (χ2n) is 6.49. The summed E-state index contributed by atoms with van der Waals surface area (Å²) in [7, 11) is 0. The van der Waals surface area contributed by atoms with Crippen molar-refractivity contribution in [1.82, 2.24) is 0 Å². The van der Waals surface area contributed by atoms with Crippen LogP contribution < -0.4 is 0 Å². The van der Waals surface area contributed by atoms with E-state index in [1.165, 1.54) is 64.2 Å². The van der Waals surface area contributed by atoms with E-state index in [1.54, 1.807) is 11.1 Å². The van der Waals surface area contributed by atoms with Crippen molar-refractivity contribution in [1.29, 1.82) is 0 Å². The van der Waals surface area contributed by atoms with Crippen LogP contribution in [0.1, 0.15) is 62.5 Å². The van der Waals surface area contributed by atoms with Gasteiger partial charge in [0.15, 0.2) is 0 Å². The molecule has 0 saturated heterocycles. The summed E-state index contributed by atoms with van der Waals surface area (Å²) >= 11 is 0. The summed E-state index contributed by atoms with van der Waals surface area (Å²) in [6, 6.07) is 9.22. The number of rotatable bonds is 0. The van der Waals surface area contributed by atoms with Crippen LogP contribution in [0.15, 0.2) is 24.3 Å². The Morgan fingerprint density at radius 1 is 0.667 bits per heavy atom. The molecule has 18 heavy (non-hydrogen) atoms. The molecule has 0 heteroatoms. The Kier molecular flexibility index (Phi) is 4.02. The maximum absolute atomic E-state index is 2.38. The van der Waals surface area contributed by atoms with Crippen molar-refractivity contribution in [2.75, 3.05) is 0 Å². The van der Waals surface area contributed by atoms with E-state index in [4.69, 9.17) is 0 Å². The summed E-state index contributed by atoms with van der Waals surface area (Å²) in [5, 5.41) is 0. The fourth-order valence-corrected chi connectivity index (χ4v) is 4.05. The van der Waals surface area contributed by atoms with Crippen molar-refractivity contribution in [2.24, 2.45) is 11.8 Å². The number of hydrogen-bond donors (Lipinski definition) is 0. The Bertz CT molecular complexity index is 344. The summed E-state index contributed by atoms with van der Waals surface area (Å²) < 4.78 is 0. The van der Waals surface area contributed by atoms with Crippen LogP contribution >= 0.6 is 0 Å². The highest BCUT2D eigenvalue weighted by Gasteiger charge is 2.23. The number of fused-ring (bicyclic) bond motifs is 3. The van der Waals surface area contributed by atoms with Gasteiger partial charge < -0.3 is 0 Å². The molecule has 0 amide bonds. The molecule has 0 spiro atoms. The molecule has 0 radical (unpaired) electrons. The van der Waals surface area contributed by atoms with Crippen LogP contribution in [0.4, 0.5) is 0 Å². The normalized spacial score (nSPS) is 29.1. The lowest BCUT2D eigenvalue weighted by molar-refractivity contribution is 0.317. The third-order valence-corrected chi connectivity index (χ3v) is 5.03. The molecule has 2 atom stereocenters. The minimum absolute atomic E-state index is 0.969. The Labute approximate surface area is 112 Å². The summed E-state index contributed by atoms with van der Waals surface area (Å²) in [6.07, 6.45) is 14.5. The molecule has 1 saturated carbocycles. The van der Waals surface area contributed by atoms with Gasteiger partial charge in [-0.25, -0.2) is 0 Å². The van der Waals surface area contributed by atoms with Gasteiger partial charge >= 0.3 is 0 Å². The first-order valence-corrected chi connectivity index (χ1v) is 7.98. The van der Waals surface area contributed by atoms with Crippen LogP contribution in [0, 0.1) is 11.8 Å². The lowest BCUT2D eigenvalue weighted by Crippen LogP contribution is -2.11. The molecule has 3 rings (SSSR count). The van der Waals surface area contributed by atoms with Gasteiger partial charge in [0.2, 0.25) is 0 Å². The molecular formula is C18H26. The molecule has 0 aliphatic heterocycles. The van der Waals surface area contributed by atoms with Crippen LogP contribution in [0.5, 0.6) is 0 Å². The first-order valence-electron chi connectivity index (χ1n) is 7.98. The van der Waals surface area contributed by atoms with Gasteiger partial charge in [0, 0.05) is 0 Å². The highest BCUT2D eigenvalue weighted by atomic mass is 14.3. The van der Waals surface area contributed by atoms with E-state index in [9.17, 15) is 0 Å². The van der Waals surface area contributed by atoms with Crippen LogP contribution in [0.3, 0.4) is 0 Å². The molecule has 1 aromatic rings. The largest absolute Gasteiger partial charge is 0.0620 e. The van der Waals surface area contributed by atoms with Crippen molar-refractivity contribution in [2.45, 2.75) is 64.2 Å². The predicted octanol–water partition coefficient (Wildman–Crippen LogP) is 5.15. The van der Waals surface area contributed by atoms with Crippen LogP contribution in [-0.2, 0) is 12.8 Å². The highest BCUT2D eigenvalue weighted by Crippen LogP contribution is 2.34. The molecular weight excluding hydrogens is 216 g/mol. The van der Waals surface area contributed by atoms with Gasteiger partial charge in [0.25, 0.3) is 0 Å². The lowest BCUT2D eigenvalue weighted by atomic mass is 9.84.